The highest BCUT2D eigenvalue weighted by Gasteiger charge is 2.46. The van der Waals surface area contributed by atoms with Gasteiger partial charge < -0.3 is 10.1 Å². The van der Waals surface area contributed by atoms with Gasteiger partial charge in [-0.1, -0.05) is 24.3 Å². The highest BCUT2D eigenvalue weighted by atomic mass is 32.1. The van der Waals surface area contributed by atoms with E-state index in [1.165, 1.54) is 29.8 Å². The van der Waals surface area contributed by atoms with E-state index in [9.17, 15) is 27.6 Å². The van der Waals surface area contributed by atoms with Gasteiger partial charge in [0.1, 0.15) is 17.4 Å². The van der Waals surface area contributed by atoms with E-state index >= 15 is 0 Å². The van der Waals surface area contributed by atoms with Gasteiger partial charge in [0.2, 0.25) is 5.91 Å². The number of nitrogens with zero attached hydrogens (tertiary/aromatic N) is 3. The summed E-state index contributed by atoms with van der Waals surface area (Å²) in [5, 5.41) is 4.49. The van der Waals surface area contributed by atoms with E-state index in [1.54, 1.807) is 36.7 Å². The summed E-state index contributed by atoms with van der Waals surface area (Å²) in [5.41, 5.74) is 1.78. The molecule has 34 heavy (non-hydrogen) atoms. The Bertz CT molecular complexity index is 1280. The molecule has 1 N–H and O–H groups in total. The maximum absolute atomic E-state index is 12.7. The largest absolute Gasteiger partial charge is 0.573 e. The van der Waals surface area contributed by atoms with E-state index in [0.29, 0.717) is 22.5 Å². The van der Waals surface area contributed by atoms with Crippen molar-refractivity contribution >= 4 is 40.0 Å². The molecule has 1 unspecified atom stereocenters. The minimum atomic E-state index is -4.81. The van der Waals surface area contributed by atoms with E-state index in [-0.39, 0.29) is 17.3 Å². The summed E-state index contributed by atoms with van der Waals surface area (Å²) in [6, 6.07) is 4.91. The molecule has 1 atom stereocenters. The van der Waals surface area contributed by atoms with Crippen molar-refractivity contribution in [3.8, 4) is 17.0 Å². The Balaban J connectivity index is 1.47. The molecule has 2 aliphatic rings. The van der Waals surface area contributed by atoms with Crippen LogP contribution in [0.3, 0.4) is 0 Å². The molecule has 4 amide bonds. The van der Waals surface area contributed by atoms with Gasteiger partial charge in [0.25, 0.3) is 0 Å². The molecule has 1 aromatic carbocycles. The van der Waals surface area contributed by atoms with E-state index in [0.717, 1.165) is 16.2 Å². The molecule has 0 fully saturated rings. The summed E-state index contributed by atoms with van der Waals surface area (Å²) in [6.07, 6.45) is 0.0934. The van der Waals surface area contributed by atoms with Crippen LogP contribution >= 0.6 is 11.3 Å². The molecule has 2 aromatic rings. The van der Waals surface area contributed by atoms with Crippen molar-refractivity contribution in [2.24, 2.45) is 5.92 Å². The van der Waals surface area contributed by atoms with Crippen LogP contribution in [0.5, 0.6) is 5.75 Å². The van der Waals surface area contributed by atoms with Crippen molar-refractivity contribution in [1.82, 2.24) is 9.88 Å². The lowest BCUT2D eigenvalue weighted by molar-refractivity contribution is -0.405. The molecule has 0 saturated carbocycles. The highest BCUT2D eigenvalue weighted by molar-refractivity contribution is 7.14. The number of nitrogens with one attached hydrogen (secondary N) is 1. The Labute approximate surface area is 195 Å². The van der Waals surface area contributed by atoms with E-state index in [1.807, 2.05) is 0 Å². The predicted molar refractivity (Wildman–Crippen MR) is 118 cm³/mol. The lowest BCUT2D eigenvalue weighted by Gasteiger charge is -2.27. The number of aromatic nitrogens is 1. The Morgan fingerprint density at radius 2 is 2.09 bits per heavy atom. The first-order chi connectivity index (χ1) is 16.0. The van der Waals surface area contributed by atoms with Crippen LogP contribution in [0, 0.1) is 5.92 Å². The number of urea groups is 1. The lowest BCUT2D eigenvalue weighted by atomic mass is 9.85. The van der Waals surface area contributed by atoms with Gasteiger partial charge in [-0.2, -0.15) is 14.3 Å². The molecule has 1 aliphatic carbocycles. The first-order valence-corrected chi connectivity index (χ1v) is 10.8. The van der Waals surface area contributed by atoms with Crippen LogP contribution in [0.1, 0.15) is 6.42 Å². The zero-order valence-electron chi connectivity index (χ0n) is 17.9. The average Bonchev–Trinajstić information content (AvgIpc) is 3.23. The van der Waals surface area contributed by atoms with Gasteiger partial charge in [-0.15, -0.1) is 24.5 Å². The summed E-state index contributed by atoms with van der Waals surface area (Å²) in [6.45, 7) is 0. The molecule has 0 radical (unpaired) electrons. The number of fused-ring (bicyclic) bond motifs is 1. The topological polar surface area (TPSA) is 91.6 Å². The molecule has 0 spiro atoms. The molecule has 1 aromatic heterocycles. The maximum Gasteiger partial charge on any atom is 0.573 e. The second-order valence-electron chi connectivity index (χ2n) is 7.54. The minimum absolute atomic E-state index is 0.107. The number of carbonyl (C=O) groups excluding carboxylic acids is 3. The fourth-order valence-electron chi connectivity index (χ4n) is 3.69. The molecular formula is C22H18F3N4O4S+. The number of imide groups is 1. The quantitative estimate of drug-likeness (QED) is 0.642. The molecule has 4 rings (SSSR count). The van der Waals surface area contributed by atoms with Gasteiger partial charge in [-0.25, -0.2) is 9.78 Å². The monoisotopic (exact) mass is 491 g/mol. The number of rotatable bonds is 5. The SMILES string of the molecule is CN1C(=O)C2C(CC(=O)Nc3nc(-c4cccc(OC(F)(F)F)c4)cs3)=CC=CC2=[N+](C)C1=O. The molecule has 2 heterocycles. The molecule has 1 aliphatic heterocycles. The number of alkyl halides is 3. The summed E-state index contributed by atoms with van der Waals surface area (Å²) in [7, 11) is 2.95. The van der Waals surface area contributed by atoms with Crippen molar-refractivity contribution in [3.05, 3.63) is 53.4 Å². The third-order valence-corrected chi connectivity index (χ3v) is 6.02. The number of carbonyl (C=O) groups is 3. The molecule has 8 nitrogen and oxygen atoms in total. The maximum atomic E-state index is 12.7. The number of thiazole rings is 1. The van der Waals surface area contributed by atoms with Crippen molar-refractivity contribution in [1.29, 1.82) is 0 Å². The van der Waals surface area contributed by atoms with Crippen LogP contribution in [0.25, 0.3) is 11.3 Å². The van der Waals surface area contributed by atoms with Crippen molar-refractivity contribution < 1.29 is 36.9 Å². The first kappa shape index (κ1) is 23.4. The van der Waals surface area contributed by atoms with Gasteiger partial charge in [0.15, 0.2) is 5.13 Å². The standard InChI is InChI=1S/C22H17F3N4O4S/c1-28-16-8-4-6-13(18(16)19(31)29(2)21(28)32)10-17(30)27-20-26-15(11-34-20)12-5-3-7-14(9-12)33-22(23,24)25/h3-9,11,18H,10H2,1-2H3/p+1. The van der Waals surface area contributed by atoms with Crippen molar-refractivity contribution in [3.63, 3.8) is 0 Å². The number of halogens is 3. The highest BCUT2D eigenvalue weighted by Crippen LogP contribution is 2.31. The smallest absolute Gasteiger partial charge is 0.406 e. The van der Waals surface area contributed by atoms with Crippen LogP contribution in [-0.2, 0) is 9.59 Å². The molecule has 12 heteroatoms. The summed E-state index contributed by atoms with van der Waals surface area (Å²) in [5.74, 6) is -1.96. The average molecular weight is 491 g/mol. The number of hydrogen-bond acceptors (Lipinski definition) is 6. The van der Waals surface area contributed by atoms with Gasteiger partial charge in [0.05, 0.1) is 19.8 Å². The van der Waals surface area contributed by atoms with Gasteiger partial charge in [-0.05, 0) is 23.8 Å². The van der Waals surface area contributed by atoms with Crippen molar-refractivity contribution in [2.75, 3.05) is 19.4 Å². The Morgan fingerprint density at radius 1 is 1.32 bits per heavy atom. The number of hydrogen-bond donors (Lipinski definition) is 1. The second-order valence-corrected chi connectivity index (χ2v) is 8.39. The zero-order chi connectivity index (χ0) is 24.6. The van der Waals surface area contributed by atoms with E-state index < -0.39 is 30.1 Å². The van der Waals surface area contributed by atoms with E-state index in [4.69, 9.17) is 0 Å². The number of ether oxygens (including phenoxy) is 1. The first-order valence-electron chi connectivity index (χ1n) is 9.94. The third-order valence-electron chi connectivity index (χ3n) is 5.26. The van der Waals surface area contributed by atoms with Crippen LogP contribution in [0.4, 0.5) is 23.1 Å². The van der Waals surface area contributed by atoms with Crippen molar-refractivity contribution in [2.45, 2.75) is 12.8 Å². The molecule has 0 saturated heterocycles. The van der Waals surface area contributed by atoms with Crippen LogP contribution in [0.15, 0.2) is 53.4 Å². The van der Waals surface area contributed by atoms with Crippen LogP contribution in [0.2, 0.25) is 0 Å². The number of allylic oxidation sites excluding steroid dienone is 3. The third kappa shape index (κ3) is 4.76. The second kappa shape index (κ2) is 8.86. The number of benzene rings is 1. The van der Waals surface area contributed by atoms with E-state index in [2.05, 4.69) is 15.0 Å². The summed E-state index contributed by atoms with van der Waals surface area (Å²) in [4.78, 5) is 42.8. The summed E-state index contributed by atoms with van der Waals surface area (Å²) >= 11 is 1.11. The Morgan fingerprint density at radius 3 is 2.82 bits per heavy atom. The fraction of sp³-hybridized carbons (Fsp3) is 0.227. The number of anilines is 1. The Kier molecular flexibility index (Phi) is 6.09. The normalized spacial score (nSPS) is 18.1. The molecule has 0 bridgehead atoms. The van der Waals surface area contributed by atoms with Crippen LogP contribution < -0.4 is 10.1 Å². The fourth-order valence-corrected chi connectivity index (χ4v) is 4.43. The molecule has 176 valence electrons. The number of amides is 4. The lowest BCUT2D eigenvalue weighted by Crippen LogP contribution is -2.52. The predicted octanol–water partition coefficient (Wildman–Crippen LogP) is 3.83. The zero-order valence-corrected chi connectivity index (χ0v) is 18.7. The molecular weight excluding hydrogens is 473 g/mol. The van der Waals surface area contributed by atoms with Gasteiger partial charge >= 0.3 is 18.3 Å². The Hall–Kier alpha value is -3.80. The van der Waals surface area contributed by atoms with Crippen LogP contribution in [-0.4, -0.2) is 58.5 Å². The van der Waals surface area contributed by atoms with Gasteiger partial charge in [-0.3, -0.25) is 4.79 Å². The summed E-state index contributed by atoms with van der Waals surface area (Å²) < 4.78 is 42.7. The minimum Gasteiger partial charge on any atom is -0.406 e. The van der Waals surface area contributed by atoms with Gasteiger partial charge in [0, 0.05) is 17.4 Å².